The molecule has 1 N–H and O–H groups in total. The van der Waals surface area contributed by atoms with Gasteiger partial charge in [-0.2, -0.15) is 23.4 Å². The van der Waals surface area contributed by atoms with Crippen molar-refractivity contribution < 1.29 is 22.4 Å². The number of carbonyl (C=O) groups excluding carboxylic acids is 1. The Balaban J connectivity index is 1.75. The van der Waals surface area contributed by atoms with Crippen LogP contribution in [0.25, 0.3) is 0 Å². The van der Waals surface area contributed by atoms with E-state index in [2.05, 4.69) is 15.5 Å². The number of nitrogens with one attached hydrogen (secondary N) is 1. The van der Waals surface area contributed by atoms with Gasteiger partial charge in [0.05, 0.1) is 16.6 Å². The van der Waals surface area contributed by atoms with Gasteiger partial charge in [-0.15, -0.1) is 0 Å². The smallest absolute Gasteiger partial charge is 0.324 e. The summed E-state index contributed by atoms with van der Waals surface area (Å²) in [7, 11) is 0. The Morgan fingerprint density at radius 1 is 1.22 bits per heavy atom. The molecule has 0 saturated carbocycles. The van der Waals surface area contributed by atoms with Gasteiger partial charge in [0.1, 0.15) is 5.82 Å². The van der Waals surface area contributed by atoms with Crippen LogP contribution in [0.2, 0.25) is 5.02 Å². The Morgan fingerprint density at radius 3 is 2.52 bits per heavy atom. The van der Waals surface area contributed by atoms with Crippen LogP contribution in [0.5, 0.6) is 0 Å². The molecule has 0 aromatic heterocycles. The van der Waals surface area contributed by atoms with E-state index in [1.54, 1.807) is 12.1 Å². The fourth-order valence-corrected chi connectivity index (χ4v) is 2.97. The maximum Gasteiger partial charge on any atom is 0.417 e. The number of carbonyl (C=O) groups is 1. The van der Waals surface area contributed by atoms with Gasteiger partial charge in [-0.3, -0.25) is 4.79 Å². The molecule has 1 amide bonds. The number of alkyl halides is 3. The fraction of sp³-hybridized carbons (Fsp3) is 0.278. The Morgan fingerprint density at radius 2 is 1.89 bits per heavy atom. The van der Waals surface area contributed by atoms with Gasteiger partial charge >= 0.3 is 6.18 Å². The third kappa shape index (κ3) is 4.10. The molecule has 0 aliphatic carbocycles. The van der Waals surface area contributed by atoms with Gasteiger partial charge in [0.2, 0.25) is 0 Å². The highest BCUT2D eigenvalue weighted by molar-refractivity contribution is 6.31. The lowest BCUT2D eigenvalue weighted by molar-refractivity contribution is -0.137. The number of hydrogen-bond acceptors (Lipinski definition) is 3. The number of amides is 1. The number of rotatable bonds is 3. The van der Waals surface area contributed by atoms with E-state index in [0.29, 0.717) is 5.56 Å². The van der Waals surface area contributed by atoms with Crippen molar-refractivity contribution in [2.24, 2.45) is 10.2 Å². The Kier molecular flexibility index (Phi) is 4.94. The van der Waals surface area contributed by atoms with Crippen molar-refractivity contribution in [2.75, 3.05) is 5.32 Å². The van der Waals surface area contributed by atoms with Crippen LogP contribution in [0.3, 0.4) is 0 Å². The fourth-order valence-electron chi connectivity index (χ4n) is 2.75. The molecular formula is C18H14ClF4N3O. The summed E-state index contributed by atoms with van der Waals surface area (Å²) in [6.07, 6.45) is -4.42. The molecule has 4 nitrogen and oxygen atoms in total. The van der Waals surface area contributed by atoms with E-state index in [1.807, 2.05) is 0 Å². The van der Waals surface area contributed by atoms with Crippen molar-refractivity contribution in [3.05, 3.63) is 64.4 Å². The van der Waals surface area contributed by atoms with Crippen LogP contribution < -0.4 is 5.32 Å². The first kappa shape index (κ1) is 19.3. The van der Waals surface area contributed by atoms with Gasteiger partial charge in [-0.05, 0) is 42.8 Å². The first-order valence-corrected chi connectivity index (χ1v) is 8.32. The molecule has 2 unspecified atom stereocenters. The molecule has 0 saturated heterocycles. The normalized spacial score (nSPS) is 22.1. The minimum atomic E-state index is -4.64. The maximum absolute atomic E-state index is 13.0. The molecule has 9 heteroatoms. The van der Waals surface area contributed by atoms with Crippen LogP contribution in [-0.4, -0.2) is 11.4 Å². The molecule has 2 aromatic carbocycles. The molecule has 0 fully saturated rings. The minimum Gasteiger partial charge on any atom is -0.324 e. The molecule has 142 valence electrons. The third-order valence-corrected chi connectivity index (χ3v) is 4.61. The zero-order valence-electron chi connectivity index (χ0n) is 14.0. The molecule has 1 aliphatic heterocycles. The summed E-state index contributed by atoms with van der Waals surface area (Å²) < 4.78 is 51.9. The van der Waals surface area contributed by atoms with E-state index in [1.165, 1.54) is 25.1 Å². The highest BCUT2D eigenvalue weighted by Gasteiger charge is 2.41. The third-order valence-electron chi connectivity index (χ3n) is 4.28. The summed E-state index contributed by atoms with van der Waals surface area (Å²) in [6.45, 7) is 1.54. The monoisotopic (exact) mass is 399 g/mol. The van der Waals surface area contributed by atoms with Gasteiger partial charge < -0.3 is 5.32 Å². The number of azo groups is 1. The number of hydrogen-bond donors (Lipinski definition) is 1. The quantitative estimate of drug-likeness (QED) is 0.652. The van der Waals surface area contributed by atoms with Crippen LogP contribution in [0.15, 0.2) is 52.7 Å². The molecule has 0 radical (unpaired) electrons. The predicted molar refractivity (Wildman–Crippen MR) is 92.1 cm³/mol. The topological polar surface area (TPSA) is 53.8 Å². The van der Waals surface area contributed by atoms with Crippen LogP contribution in [0, 0.1) is 5.82 Å². The van der Waals surface area contributed by atoms with Gasteiger partial charge in [0, 0.05) is 12.1 Å². The first-order chi connectivity index (χ1) is 12.6. The summed E-state index contributed by atoms with van der Waals surface area (Å²) >= 11 is 5.58. The van der Waals surface area contributed by atoms with Crippen molar-refractivity contribution in [3.8, 4) is 0 Å². The second-order valence-corrected chi connectivity index (χ2v) is 6.81. The van der Waals surface area contributed by atoms with E-state index in [0.717, 1.165) is 12.1 Å². The molecule has 27 heavy (non-hydrogen) atoms. The van der Waals surface area contributed by atoms with Crippen molar-refractivity contribution in [2.45, 2.75) is 31.1 Å². The highest BCUT2D eigenvalue weighted by Crippen LogP contribution is 2.39. The number of anilines is 1. The van der Waals surface area contributed by atoms with Crippen LogP contribution in [-0.2, 0) is 11.0 Å². The maximum atomic E-state index is 13.0. The summed E-state index contributed by atoms with van der Waals surface area (Å²) in [4.78, 5) is 12.6. The Hall–Kier alpha value is -2.48. The molecule has 0 bridgehead atoms. The summed E-state index contributed by atoms with van der Waals surface area (Å²) in [5.41, 5.74) is -1.64. The average molecular weight is 400 g/mol. The summed E-state index contributed by atoms with van der Waals surface area (Å²) in [5.74, 6) is -0.983. The molecule has 3 rings (SSSR count). The van der Waals surface area contributed by atoms with Crippen molar-refractivity contribution in [1.82, 2.24) is 0 Å². The van der Waals surface area contributed by atoms with E-state index in [-0.39, 0.29) is 12.1 Å². The molecule has 2 aromatic rings. The average Bonchev–Trinajstić information content (AvgIpc) is 3.00. The molecule has 2 atom stereocenters. The molecule has 0 spiro atoms. The number of benzene rings is 2. The summed E-state index contributed by atoms with van der Waals surface area (Å²) in [6, 6.07) is 8.36. The zero-order valence-corrected chi connectivity index (χ0v) is 14.8. The lowest BCUT2D eigenvalue weighted by Gasteiger charge is -2.20. The lowest BCUT2D eigenvalue weighted by atomic mass is 9.91. The molecule has 1 heterocycles. The number of nitrogens with zero attached hydrogens (tertiary/aromatic N) is 2. The Bertz CT molecular complexity index is 898. The second kappa shape index (κ2) is 6.92. The number of halogens is 5. The van der Waals surface area contributed by atoms with Crippen LogP contribution >= 0.6 is 11.6 Å². The van der Waals surface area contributed by atoms with E-state index < -0.39 is 40.1 Å². The van der Waals surface area contributed by atoms with Gasteiger partial charge in [-0.1, -0.05) is 23.7 Å². The van der Waals surface area contributed by atoms with E-state index >= 15 is 0 Å². The largest absolute Gasteiger partial charge is 0.417 e. The van der Waals surface area contributed by atoms with E-state index in [9.17, 15) is 22.4 Å². The molecule has 1 aliphatic rings. The highest BCUT2D eigenvalue weighted by atomic mass is 35.5. The zero-order chi connectivity index (χ0) is 19.8. The Labute approximate surface area is 157 Å². The second-order valence-electron chi connectivity index (χ2n) is 6.41. The van der Waals surface area contributed by atoms with Gasteiger partial charge in [0.25, 0.3) is 5.91 Å². The molecular weight excluding hydrogens is 386 g/mol. The SMILES string of the molecule is CC1(C(=O)Nc2ccc(Cl)c(C(F)(F)F)c2)CC(c2ccc(F)cc2)N=N1. The standard InChI is InChI=1S/C18H14ClF4N3O/c1-17(9-15(25-26-17)10-2-4-11(20)5-3-10)16(27)24-12-6-7-14(19)13(8-12)18(21,22)23/h2-8,15H,9H2,1H3,(H,24,27). The predicted octanol–water partition coefficient (Wildman–Crippen LogP) is 5.79. The van der Waals surface area contributed by atoms with Crippen LogP contribution in [0.4, 0.5) is 23.2 Å². The van der Waals surface area contributed by atoms with Gasteiger partial charge in [0.15, 0.2) is 5.54 Å². The van der Waals surface area contributed by atoms with Crippen molar-refractivity contribution >= 4 is 23.2 Å². The van der Waals surface area contributed by atoms with Crippen molar-refractivity contribution in [1.29, 1.82) is 0 Å². The van der Waals surface area contributed by atoms with Gasteiger partial charge in [-0.25, -0.2) is 4.39 Å². The lowest BCUT2D eigenvalue weighted by Crippen LogP contribution is -2.37. The van der Waals surface area contributed by atoms with Crippen LogP contribution in [0.1, 0.15) is 30.5 Å². The first-order valence-electron chi connectivity index (χ1n) is 7.94. The summed E-state index contributed by atoms with van der Waals surface area (Å²) in [5, 5.41) is 10.0. The minimum absolute atomic E-state index is 0.0432. The van der Waals surface area contributed by atoms with Crippen molar-refractivity contribution in [3.63, 3.8) is 0 Å². The van der Waals surface area contributed by atoms with E-state index in [4.69, 9.17) is 11.6 Å².